The molecule has 4 heteroatoms. The maximum absolute atomic E-state index is 11.7. The maximum Gasteiger partial charge on any atom is 0.256 e. The molecular formula is C12H9N3O. The molecule has 0 spiro atoms. The molecule has 1 aromatic carbocycles. The summed E-state index contributed by atoms with van der Waals surface area (Å²) in [5, 5.41) is 9.47. The van der Waals surface area contributed by atoms with Gasteiger partial charge in [-0.15, -0.1) is 0 Å². The molecule has 3 rings (SSSR count). The van der Waals surface area contributed by atoms with Crippen LogP contribution >= 0.6 is 0 Å². The number of H-pyrrole nitrogens is 1. The van der Waals surface area contributed by atoms with Crippen LogP contribution in [0, 0.1) is 0 Å². The number of nitrogens with one attached hydrogen (secondary N) is 2. The first-order valence-corrected chi connectivity index (χ1v) is 4.96. The molecule has 0 fully saturated rings. The standard InChI is InChI=1S/C12H9N3O/c16-12-10(7-8-5-6-13-15-8)9-3-1-2-4-11(9)14-12/h1-7H,(H,13,15)(H,14,16)/b10-7+. The highest BCUT2D eigenvalue weighted by atomic mass is 16.2. The highest BCUT2D eigenvalue weighted by Crippen LogP contribution is 2.32. The Bertz CT molecular complexity index is 570. The Labute approximate surface area is 92.0 Å². The molecule has 0 bridgehead atoms. The fourth-order valence-electron chi connectivity index (χ4n) is 1.78. The lowest BCUT2D eigenvalue weighted by Crippen LogP contribution is -2.03. The van der Waals surface area contributed by atoms with E-state index in [2.05, 4.69) is 15.5 Å². The van der Waals surface area contributed by atoms with Gasteiger partial charge in [-0.25, -0.2) is 0 Å². The van der Waals surface area contributed by atoms with E-state index < -0.39 is 0 Å². The summed E-state index contributed by atoms with van der Waals surface area (Å²) in [7, 11) is 0. The van der Waals surface area contributed by atoms with Crippen LogP contribution in [0.4, 0.5) is 5.69 Å². The Hall–Kier alpha value is -2.36. The van der Waals surface area contributed by atoms with E-state index in [0.717, 1.165) is 16.9 Å². The lowest BCUT2D eigenvalue weighted by molar-refractivity contribution is -0.110. The van der Waals surface area contributed by atoms with Crippen LogP contribution in [-0.2, 0) is 4.79 Å². The van der Waals surface area contributed by atoms with Crippen molar-refractivity contribution in [3.8, 4) is 0 Å². The number of rotatable bonds is 1. The molecule has 0 unspecified atom stereocenters. The normalized spacial score (nSPS) is 16.2. The minimum atomic E-state index is -0.0733. The van der Waals surface area contributed by atoms with Crippen molar-refractivity contribution < 1.29 is 4.79 Å². The first-order valence-electron chi connectivity index (χ1n) is 4.96. The molecule has 0 atom stereocenters. The van der Waals surface area contributed by atoms with Gasteiger partial charge in [0.05, 0.1) is 11.3 Å². The van der Waals surface area contributed by atoms with Crippen molar-refractivity contribution in [3.05, 3.63) is 47.8 Å². The summed E-state index contributed by atoms with van der Waals surface area (Å²) in [5.74, 6) is -0.0733. The Kier molecular flexibility index (Phi) is 1.86. The van der Waals surface area contributed by atoms with Crippen LogP contribution in [0.3, 0.4) is 0 Å². The highest BCUT2D eigenvalue weighted by molar-refractivity contribution is 6.34. The molecule has 1 aliphatic heterocycles. The van der Waals surface area contributed by atoms with Crippen molar-refractivity contribution in [1.82, 2.24) is 10.2 Å². The highest BCUT2D eigenvalue weighted by Gasteiger charge is 2.23. The number of amides is 1. The zero-order valence-electron chi connectivity index (χ0n) is 8.40. The van der Waals surface area contributed by atoms with Crippen LogP contribution in [0.2, 0.25) is 0 Å². The first-order chi connectivity index (χ1) is 7.84. The molecule has 0 aliphatic carbocycles. The van der Waals surface area contributed by atoms with Gasteiger partial charge in [0.25, 0.3) is 5.91 Å². The van der Waals surface area contributed by atoms with E-state index in [1.807, 2.05) is 30.3 Å². The third-order valence-corrected chi connectivity index (χ3v) is 2.53. The van der Waals surface area contributed by atoms with Crippen LogP contribution in [0.5, 0.6) is 0 Å². The molecule has 0 saturated carbocycles. The zero-order chi connectivity index (χ0) is 11.0. The third-order valence-electron chi connectivity index (χ3n) is 2.53. The summed E-state index contributed by atoms with van der Waals surface area (Å²) >= 11 is 0. The minimum absolute atomic E-state index is 0.0733. The molecule has 2 aromatic rings. The zero-order valence-corrected chi connectivity index (χ0v) is 8.40. The van der Waals surface area contributed by atoms with Gasteiger partial charge < -0.3 is 5.32 Å². The first kappa shape index (κ1) is 8.91. The van der Waals surface area contributed by atoms with E-state index in [1.165, 1.54) is 0 Å². The third kappa shape index (κ3) is 1.32. The number of benzene rings is 1. The number of aromatic amines is 1. The van der Waals surface area contributed by atoms with Crippen molar-refractivity contribution in [2.24, 2.45) is 0 Å². The van der Waals surface area contributed by atoms with Crippen molar-refractivity contribution in [3.63, 3.8) is 0 Å². The summed E-state index contributed by atoms with van der Waals surface area (Å²) < 4.78 is 0. The van der Waals surface area contributed by atoms with Gasteiger partial charge in [0.1, 0.15) is 0 Å². The number of anilines is 1. The molecule has 2 N–H and O–H groups in total. The molecule has 0 radical (unpaired) electrons. The van der Waals surface area contributed by atoms with Crippen molar-refractivity contribution in [1.29, 1.82) is 0 Å². The second-order valence-electron chi connectivity index (χ2n) is 3.57. The summed E-state index contributed by atoms with van der Waals surface area (Å²) in [4.78, 5) is 11.7. The van der Waals surface area contributed by atoms with E-state index in [-0.39, 0.29) is 5.91 Å². The Morgan fingerprint density at radius 2 is 2.06 bits per heavy atom. The SMILES string of the molecule is O=C1Nc2ccccc2/C1=C\c1ccn[nH]1. The number of aromatic nitrogens is 2. The molecule has 1 amide bonds. The summed E-state index contributed by atoms with van der Waals surface area (Å²) in [6, 6.07) is 9.45. The summed E-state index contributed by atoms with van der Waals surface area (Å²) in [5.41, 5.74) is 3.28. The predicted octanol–water partition coefficient (Wildman–Crippen LogP) is 1.90. The lowest BCUT2D eigenvalue weighted by Gasteiger charge is -1.95. The summed E-state index contributed by atoms with van der Waals surface area (Å²) in [6.45, 7) is 0. The number of fused-ring (bicyclic) bond motifs is 1. The molecule has 0 saturated heterocycles. The van der Waals surface area contributed by atoms with E-state index in [4.69, 9.17) is 0 Å². The second kappa shape index (κ2) is 3.34. The number of nitrogens with zero attached hydrogens (tertiary/aromatic N) is 1. The van der Waals surface area contributed by atoms with E-state index in [0.29, 0.717) is 5.57 Å². The Morgan fingerprint density at radius 1 is 1.19 bits per heavy atom. The van der Waals surface area contributed by atoms with Crippen LogP contribution in [-0.4, -0.2) is 16.1 Å². The topological polar surface area (TPSA) is 57.8 Å². The number of hydrogen-bond donors (Lipinski definition) is 2. The molecule has 4 nitrogen and oxygen atoms in total. The van der Waals surface area contributed by atoms with Crippen molar-refractivity contribution >= 4 is 23.2 Å². The molecule has 78 valence electrons. The molecule has 1 aromatic heterocycles. The number of carbonyl (C=O) groups excluding carboxylic acids is 1. The maximum atomic E-state index is 11.7. The lowest BCUT2D eigenvalue weighted by atomic mass is 10.1. The van der Waals surface area contributed by atoms with Crippen LogP contribution in [0.25, 0.3) is 11.6 Å². The monoisotopic (exact) mass is 211 g/mol. The van der Waals surface area contributed by atoms with Gasteiger partial charge in [-0.3, -0.25) is 9.89 Å². The Balaban J connectivity index is 2.12. The van der Waals surface area contributed by atoms with Gasteiger partial charge in [0.15, 0.2) is 0 Å². The number of para-hydroxylation sites is 1. The van der Waals surface area contributed by atoms with Crippen molar-refractivity contribution in [2.45, 2.75) is 0 Å². The van der Waals surface area contributed by atoms with Gasteiger partial charge in [-0.2, -0.15) is 5.10 Å². The molecule has 16 heavy (non-hydrogen) atoms. The minimum Gasteiger partial charge on any atom is -0.321 e. The van der Waals surface area contributed by atoms with Crippen LogP contribution < -0.4 is 5.32 Å². The fourth-order valence-corrected chi connectivity index (χ4v) is 1.78. The average Bonchev–Trinajstić information content (AvgIpc) is 2.89. The summed E-state index contributed by atoms with van der Waals surface area (Å²) in [6.07, 6.45) is 3.46. The van der Waals surface area contributed by atoms with E-state index in [9.17, 15) is 4.79 Å². The largest absolute Gasteiger partial charge is 0.321 e. The van der Waals surface area contributed by atoms with Gasteiger partial charge in [0.2, 0.25) is 0 Å². The van der Waals surface area contributed by atoms with E-state index >= 15 is 0 Å². The predicted molar refractivity (Wildman–Crippen MR) is 61.5 cm³/mol. The Morgan fingerprint density at radius 3 is 2.88 bits per heavy atom. The van der Waals surface area contributed by atoms with Crippen LogP contribution in [0.15, 0.2) is 36.5 Å². The smallest absolute Gasteiger partial charge is 0.256 e. The van der Waals surface area contributed by atoms with Gasteiger partial charge in [-0.05, 0) is 18.2 Å². The average molecular weight is 211 g/mol. The molecule has 1 aliphatic rings. The fraction of sp³-hybridized carbons (Fsp3) is 0. The number of hydrogen-bond acceptors (Lipinski definition) is 2. The quantitative estimate of drug-likeness (QED) is 0.708. The van der Waals surface area contributed by atoms with E-state index in [1.54, 1.807) is 12.3 Å². The molecular weight excluding hydrogens is 202 g/mol. The van der Waals surface area contributed by atoms with Gasteiger partial charge in [-0.1, -0.05) is 18.2 Å². The van der Waals surface area contributed by atoms with Crippen LogP contribution in [0.1, 0.15) is 11.3 Å². The molecule has 2 heterocycles. The second-order valence-corrected chi connectivity index (χ2v) is 3.57. The van der Waals surface area contributed by atoms with Crippen molar-refractivity contribution in [2.75, 3.05) is 5.32 Å². The number of carbonyl (C=O) groups is 1. The van der Waals surface area contributed by atoms with Gasteiger partial charge in [0, 0.05) is 17.4 Å². The van der Waals surface area contributed by atoms with Gasteiger partial charge >= 0.3 is 0 Å².